The van der Waals surface area contributed by atoms with Crippen LogP contribution in [0.1, 0.15) is 18.5 Å². The smallest absolute Gasteiger partial charge is 0.0485 e. The Hall–Kier alpha value is -1.80. The monoisotopic (exact) mass is 253 g/mol. The second kappa shape index (κ2) is 4.83. The molecule has 0 bridgehead atoms. The Labute approximate surface area is 111 Å². The summed E-state index contributed by atoms with van der Waals surface area (Å²) in [7, 11) is 0. The predicted octanol–water partition coefficient (Wildman–Crippen LogP) is 5.07. The van der Waals surface area contributed by atoms with E-state index in [-0.39, 0.29) is 0 Å². The fourth-order valence-electron chi connectivity index (χ4n) is 2.13. The van der Waals surface area contributed by atoms with Crippen LogP contribution in [-0.2, 0) is 0 Å². The third kappa shape index (κ3) is 2.24. The molecule has 0 saturated carbocycles. The Bertz CT molecular complexity index is 642. The Morgan fingerprint density at radius 3 is 2.67 bits per heavy atom. The Balaban J connectivity index is 1.83. The molecular weight excluding hydrogens is 238 g/mol. The molecule has 0 spiro atoms. The zero-order valence-corrected chi connectivity index (χ0v) is 11.1. The van der Waals surface area contributed by atoms with Crippen LogP contribution < -0.4 is 5.32 Å². The highest BCUT2D eigenvalue weighted by atomic mass is 32.1. The van der Waals surface area contributed by atoms with Crippen LogP contribution >= 0.6 is 11.3 Å². The van der Waals surface area contributed by atoms with Gasteiger partial charge < -0.3 is 5.32 Å². The van der Waals surface area contributed by atoms with Crippen LogP contribution in [0.4, 0.5) is 5.69 Å². The topological polar surface area (TPSA) is 12.0 Å². The first kappa shape index (κ1) is 11.3. The molecule has 1 aromatic heterocycles. The number of fused-ring (bicyclic) bond motifs is 1. The third-order valence-electron chi connectivity index (χ3n) is 3.14. The van der Waals surface area contributed by atoms with E-state index >= 15 is 0 Å². The molecule has 3 rings (SSSR count). The summed E-state index contributed by atoms with van der Waals surface area (Å²) in [4.78, 5) is 0. The molecular formula is C16H15NS. The van der Waals surface area contributed by atoms with E-state index in [9.17, 15) is 0 Å². The van der Waals surface area contributed by atoms with E-state index in [0.29, 0.717) is 6.04 Å². The largest absolute Gasteiger partial charge is 0.379 e. The van der Waals surface area contributed by atoms with Crippen LogP contribution in [0.3, 0.4) is 0 Å². The average Bonchev–Trinajstić information content (AvgIpc) is 2.87. The van der Waals surface area contributed by atoms with E-state index in [0.717, 1.165) is 0 Å². The van der Waals surface area contributed by atoms with E-state index in [2.05, 4.69) is 66.2 Å². The summed E-state index contributed by atoms with van der Waals surface area (Å²) in [5.41, 5.74) is 2.49. The van der Waals surface area contributed by atoms with Crippen LogP contribution in [0.2, 0.25) is 0 Å². The molecule has 0 radical (unpaired) electrons. The molecule has 1 unspecified atom stereocenters. The van der Waals surface area contributed by atoms with Crippen molar-refractivity contribution in [2.75, 3.05) is 5.32 Å². The lowest BCUT2D eigenvalue weighted by atomic mass is 10.1. The van der Waals surface area contributed by atoms with Crippen LogP contribution in [0, 0.1) is 0 Å². The number of rotatable bonds is 3. The molecule has 1 N–H and O–H groups in total. The molecule has 2 aromatic carbocycles. The van der Waals surface area contributed by atoms with Crippen molar-refractivity contribution in [1.29, 1.82) is 0 Å². The summed E-state index contributed by atoms with van der Waals surface area (Å²) in [5, 5.41) is 6.99. The van der Waals surface area contributed by atoms with Gasteiger partial charge in [-0.25, -0.2) is 0 Å². The summed E-state index contributed by atoms with van der Waals surface area (Å²) in [5.74, 6) is 0. The summed E-state index contributed by atoms with van der Waals surface area (Å²) in [6, 6.07) is 19.5. The minimum absolute atomic E-state index is 0.322. The second-order valence-corrected chi connectivity index (χ2v) is 5.40. The zero-order chi connectivity index (χ0) is 12.4. The average molecular weight is 253 g/mol. The van der Waals surface area contributed by atoms with Crippen molar-refractivity contribution >= 4 is 27.1 Å². The van der Waals surface area contributed by atoms with Gasteiger partial charge in [0.2, 0.25) is 0 Å². The number of nitrogens with one attached hydrogen (secondary N) is 1. The van der Waals surface area contributed by atoms with Gasteiger partial charge >= 0.3 is 0 Å². The minimum Gasteiger partial charge on any atom is -0.379 e. The van der Waals surface area contributed by atoms with Crippen molar-refractivity contribution in [1.82, 2.24) is 0 Å². The lowest BCUT2D eigenvalue weighted by Crippen LogP contribution is -2.05. The van der Waals surface area contributed by atoms with Crippen molar-refractivity contribution in [3.05, 3.63) is 65.5 Å². The minimum atomic E-state index is 0.322. The molecule has 0 aliphatic rings. The van der Waals surface area contributed by atoms with E-state index in [1.165, 1.54) is 21.3 Å². The van der Waals surface area contributed by atoms with Crippen molar-refractivity contribution in [3.63, 3.8) is 0 Å². The van der Waals surface area contributed by atoms with Crippen molar-refractivity contribution in [3.8, 4) is 0 Å². The molecule has 1 atom stereocenters. The Kier molecular flexibility index (Phi) is 3.03. The maximum absolute atomic E-state index is 3.54. The van der Waals surface area contributed by atoms with E-state index in [1.807, 2.05) is 6.07 Å². The summed E-state index contributed by atoms with van der Waals surface area (Å²) in [6.45, 7) is 2.19. The molecule has 0 aliphatic carbocycles. The van der Waals surface area contributed by atoms with Gasteiger partial charge in [0, 0.05) is 16.4 Å². The van der Waals surface area contributed by atoms with Crippen molar-refractivity contribution in [2.45, 2.75) is 13.0 Å². The molecule has 0 aliphatic heterocycles. The molecule has 3 aromatic rings. The number of benzene rings is 2. The van der Waals surface area contributed by atoms with Gasteiger partial charge in [0.05, 0.1) is 0 Å². The maximum Gasteiger partial charge on any atom is 0.0485 e. The molecule has 0 amide bonds. The predicted molar refractivity (Wildman–Crippen MR) is 80.3 cm³/mol. The summed E-state index contributed by atoms with van der Waals surface area (Å²) in [6.07, 6.45) is 0. The first-order chi connectivity index (χ1) is 8.83. The highest BCUT2D eigenvalue weighted by molar-refractivity contribution is 7.17. The Morgan fingerprint density at radius 2 is 1.83 bits per heavy atom. The van der Waals surface area contributed by atoms with Gasteiger partial charge in [-0.3, -0.25) is 0 Å². The summed E-state index contributed by atoms with van der Waals surface area (Å²) < 4.78 is 1.34. The van der Waals surface area contributed by atoms with Gasteiger partial charge in [-0.05, 0) is 47.5 Å². The van der Waals surface area contributed by atoms with E-state index in [4.69, 9.17) is 0 Å². The number of hydrogen-bond donors (Lipinski definition) is 1. The fourth-order valence-corrected chi connectivity index (χ4v) is 2.90. The van der Waals surface area contributed by atoms with Crippen molar-refractivity contribution < 1.29 is 0 Å². The number of thiophene rings is 1. The molecule has 18 heavy (non-hydrogen) atoms. The standard InChI is InChI=1S/C16H15NS/c1-12(13-5-3-2-4-6-13)17-15-7-8-16-14(11-15)9-10-18-16/h2-12,17H,1H3. The van der Waals surface area contributed by atoms with Gasteiger partial charge in [0.1, 0.15) is 0 Å². The van der Waals surface area contributed by atoms with Gasteiger partial charge in [-0.2, -0.15) is 0 Å². The second-order valence-electron chi connectivity index (χ2n) is 4.45. The SMILES string of the molecule is CC(Nc1ccc2sccc2c1)c1ccccc1. The van der Waals surface area contributed by atoms with Crippen LogP contribution in [0.25, 0.3) is 10.1 Å². The highest BCUT2D eigenvalue weighted by Crippen LogP contribution is 2.26. The zero-order valence-electron chi connectivity index (χ0n) is 10.3. The summed E-state index contributed by atoms with van der Waals surface area (Å²) >= 11 is 1.78. The molecule has 2 heteroatoms. The molecule has 0 saturated heterocycles. The molecule has 1 heterocycles. The third-order valence-corrected chi connectivity index (χ3v) is 4.03. The number of hydrogen-bond acceptors (Lipinski definition) is 2. The maximum atomic E-state index is 3.54. The van der Waals surface area contributed by atoms with Gasteiger partial charge in [-0.1, -0.05) is 30.3 Å². The Morgan fingerprint density at radius 1 is 1.00 bits per heavy atom. The molecule has 1 nitrogen and oxygen atoms in total. The van der Waals surface area contributed by atoms with Gasteiger partial charge in [0.25, 0.3) is 0 Å². The first-order valence-electron chi connectivity index (χ1n) is 6.12. The van der Waals surface area contributed by atoms with Crippen LogP contribution in [0.5, 0.6) is 0 Å². The van der Waals surface area contributed by atoms with Gasteiger partial charge in [0.15, 0.2) is 0 Å². The van der Waals surface area contributed by atoms with Crippen LogP contribution in [-0.4, -0.2) is 0 Å². The molecule has 0 fully saturated rings. The van der Waals surface area contributed by atoms with E-state index in [1.54, 1.807) is 11.3 Å². The lowest BCUT2D eigenvalue weighted by molar-refractivity contribution is 0.885. The lowest BCUT2D eigenvalue weighted by Gasteiger charge is -2.15. The van der Waals surface area contributed by atoms with Crippen LogP contribution in [0.15, 0.2) is 60.0 Å². The quantitative estimate of drug-likeness (QED) is 0.686. The van der Waals surface area contributed by atoms with Crippen molar-refractivity contribution in [2.24, 2.45) is 0 Å². The normalized spacial score (nSPS) is 12.5. The first-order valence-corrected chi connectivity index (χ1v) is 6.99. The van der Waals surface area contributed by atoms with Gasteiger partial charge in [-0.15, -0.1) is 11.3 Å². The highest BCUT2D eigenvalue weighted by Gasteiger charge is 2.05. The number of anilines is 1. The van der Waals surface area contributed by atoms with E-state index < -0.39 is 0 Å². The molecule has 90 valence electrons. The fraction of sp³-hybridized carbons (Fsp3) is 0.125.